The van der Waals surface area contributed by atoms with Gasteiger partial charge in [-0.15, -0.1) is 11.3 Å². The Hall–Kier alpha value is -3.06. The monoisotopic (exact) mass is 384 g/mol. The zero-order valence-corrected chi connectivity index (χ0v) is 16.0. The van der Waals surface area contributed by atoms with Gasteiger partial charge in [-0.05, 0) is 41.5 Å². The van der Waals surface area contributed by atoms with E-state index in [1.165, 1.54) is 32.7 Å². The first-order chi connectivity index (χ1) is 13.0. The van der Waals surface area contributed by atoms with Crippen molar-refractivity contribution in [2.75, 3.05) is 21.3 Å². The van der Waals surface area contributed by atoms with Crippen LogP contribution in [0, 0.1) is 0 Å². The van der Waals surface area contributed by atoms with Crippen LogP contribution < -0.4 is 19.3 Å². The summed E-state index contributed by atoms with van der Waals surface area (Å²) in [6.07, 6.45) is 1.49. The molecule has 0 aliphatic heterocycles. The van der Waals surface area contributed by atoms with Gasteiger partial charge in [0.2, 0.25) is 5.75 Å². The minimum atomic E-state index is -1.17. The number of aromatic nitrogens is 1. The summed E-state index contributed by atoms with van der Waals surface area (Å²) < 4.78 is 17.0. The molecule has 0 atom stereocenters. The van der Waals surface area contributed by atoms with Crippen LogP contribution in [0.4, 0.5) is 0 Å². The minimum Gasteiger partial charge on any atom is -0.550 e. The molecule has 2 aromatic carbocycles. The van der Waals surface area contributed by atoms with Gasteiger partial charge in [0.05, 0.1) is 31.5 Å². The number of methoxy groups -OCH3 is 3. The maximum absolute atomic E-state index is 11.3. The van der Waals surface area contributed by atoms with Crippen molar-refractivity contribution in [1.82, 2.24) is 4.98 Å². The first kappa shape index (κ1) is 18.7. The second-order valence-corrected chi connectivity index (χ2v) is 6.69. The third kappa shape index (κ3) is 4.03. The maximum atomic E-state index is 11.3. The summed E-state index contributed by atoms with van der Waals surface area (Å²) in [6, 6.07) is 11.2. The molecule has 0 radical (unpaired) electrons. The predicted octanol–water partition coefficient (Wildman–Crippen LogP) is 3.00. The fraction of sp³-hybridized carbons (Fsp3) is 0.200. The second kappa shape index (κ2) is 8.09. The quantitative estimate of drug-likeness (QED) is 0.623. The van der Waals surface area contributed by atoms with Crippen molar-refractivity contribution in [3.8, 4) is 17.2 Å². The van der Waals surface area contributed by atoms with Crippen molar-refractivity contribution in [2.45, 2.75) is 6.42 Å². The smallest absolute Gasteiger partial charge is 0.203 e. The van der Waals surface area contributed by atoms with E-state index in [-0.39, 0.29) is 6.42 Å². The number of rotatable bonds is 7. The second-order valence-electron chi connectivity index (χ2n) is 5.66. The number of hydrogen-bond donors (Lipinski definition) is 0. The first-order valence-corrected chi connectivity index (χ1v) is 8.93. The van der Waals surface area contributed by atoms with Crippen molar-refractivity contribution in [1.29, 1.82) is 0 Å². The van der Waals surface area contributed by atoms with E-state index >= 15 is 0 Å². The Morgan fingerprint density at radius 1 is 1.11 bits per heavy atom. The van der Waals surface area contributed by atoms with Crippen molar-refractivity contribution < 1.29 is 24.1 Å². The molecule has 0 fully saturated rings. The van der Waals surface area contributed by atoms with Crippen molar-refractivity contribution >= 4 is 39.2 Å². The molecule has 0 bridgehead atoms. The summed E-state index contributed by atoms with van der Waals surface area (Å²) in [5.41, 5.74) is 2.08. The number of carboxylic acid groups (broad SMARTS) is 1. The fourth-order valence-corrected chi connectivity index (χ4v) is 3.72. The molecule has 0 aliphatic carbocycles. The number of ether oxygens (including phenoxy) is 3. The van der Waals surface area contributed by atoms with E-state index in [2.05, 4.69) is 4.98 Å². The molecule has 0 unspecified atom stereocenters. The van der Waals surface area contributed by atoms with Gasteiger partial charge in [0.1, 0.15) is 5.01 Å². The average Bonchev–Trinajstić information content (AvgIpc) is 3.10. The summed E-state index contributed by atoms with van der Waals surface area (Å²) in [6.45, 7) is 0. The largest absolute Gasteiger partial charge is 0.550 e. The molecule has 3 aromatic rings. The Morgan fingerprint density at radius 3 is 2.33 bits per heavy atom. The Kier molecular flexibility index (Phi) is 5.61. The lowest BCUT2D eigenvalue weighted by Gasteiger charge is -2.13. The molecule has 27 heavy (non-hydrogen) atoms. The zero-order chi connectivity index (χ0) is 19.4. The van der Waals surface area contributed by atoms with Crippen LogP contribution in [0.15, 0.2) is 36.4 Å². The highest BCUT2D eigenvalue weighted by Crippen LogP contribution is 2.39. The number of nitrogens with zero attached hydrogens (tertiary/aromatic N) is 1. The van der Waals surface area contributed by atoms with Crippen molar-refractivity contribution in [3.63, 3.8) is 0 Å². The zero-order valence-electron chi connectivity index (χ0n) is 15.1. The molecule has 140 valence electrons. The Labute approximate surface area is 160 Å². The number of carbonyl (C=O) groups is 1. The van der Waals surface area contributed by atoms with Crippen LogP contribution in [-0.2, 0) is 4.79 Å². The van der Waals surface area contributed by atoms with Gasteiger partial charge in [0.25, 0.3) is 0 Å². The molecule has 6 nitrogen and oxygen atoms in total. The van der Waals surface area contributed by atoms with Crippen LogP contribution in [0.2, 0.25) is 0 Å². The van der Waals surface area contributed by atoms with Gasteiger partial charge < -0.3 is 24.1 Å². The highest BCUT2D eigenvalue weighted by atomic mass is 32.1. The predicted molar refractivity (Wildman–Crippen MR) is 103 cm³/mol. The average molecular weight is 384 g/mol. The third-order valence-corrected chi connectivity index (χ3v) is 5.04. The van der Waals surface area contributed by atoms with Gasteiger partial charge in [-0.3, -0.25) is 0 Å². The molecule has 0 saturated heterocycles. The van der Waals surface area contributed by atoms with E-state index in [9.17, 15) is 9.90 Å². The number of para-hydroxylation sites is 1. The van der Waals surface area contributed by atoms with Gasteiger partial charge in [-0.2, -0.15) is 0 Å². The molecular formula is C20H18NO5S-. The van der Waals surface area contributed by atoms with Gasteiger partial charge >= 0.3 is 0 Å². The third-order valence-electron chi connectivity index (χ3n) is 3.93. The minimum absolute atomic E-state index is 0.253. The number of hydrogen-bond acceptors (Lipinski definition) is 7. The summed E-state index contributed by atoms with van der Waals surface area (Å²) in [5, 5.41) is 11.9. The Morgan fingerprint density at radius 2 is 1.78 bits per heavy atom. The van der Waals surface area contributed by atoms with E-state index in [0.29, 0.717) is 33.4 Å². The van der Waals surface area contributed by atoms with E-state index in [1.54, 1.807) is 18.2 Å². The summed E-state index contributed by atoms with van der Waals surface area (Å²) >= 11 is 1.44. The normalized spacial score (nSPS) is 11.4. The van der Waals surface area contributed by atoms with Gasteiger partial charge in [-0.1, -0.05) is 12.1 Å². The number of carboxylic acids is 1. The number of carbonyl (C=O) groups excluding carboxylic acids is 1. The molecule has 0 aliphatic rings. The van der Waals surface area contributed by atoms with Crippen LogP contribution in [0.3, 0.4) is 0 Å². The van der Waals surface area contributed by atoms with E-state index in [0.717, 1.165) is 10.2 Å². The molecule has 0 spiro atoms. The van der Waals surface area contributed by atoms with Gasteiger partial charge in [0, 0.05) is 12.4 Å². The molecule has 1 heterocycles. The van der Waals surface area contributed by atoms with E-state index in [4.69, 9.17) is 14.2 Å². The molecule has 0 N–H and O–H groups in total. The molecule has 0 saturated carbocycles. The van der Waals surface area contributed by atoms with Gasteiger partial charge in [-0.25, -0.2) is 4.98 Å². The lowest BCUT2D eigenvalue weighted by Crippen LogP contribution is -2.22. The molecular weight excluding hydrogens is 366 g/mol. The highest BCUT2D eigenvalue weighted by Gasteiger charge is 2.14. The van der Waals surface area contributed by atoms with Crippen LogP contribution in [0.1, 0.15) is 17.0 Å². The summed E-state index contributed by atoms with van der Waals surface area (Å²) in [7, 11) is 4.58. The number of fused-ring (bicyclic) bond motifs is 1. The molecule has 0 amide bonds. The van der Waals surface area contributed by atoms with Crippen LogP contribution in [0.25, 0.3) is 21.9 Å². The summed E-state index contributed by atoms with van der Waals surface area (Å²) in [5.74, 6) is 0.270. The maximum Gasteiger partial charge on any atom is 0.203 e. The number of aliphatic carboxylic acids is 1. The van der Waals surface area contributed by atoms with Crippen LogP contribution in [-0.4, -0.2) is 32.3 Å². The van der Waals surface area contributed by atoms with Crippen molar-refractivity contribution in [3.05, 3.63) is 47.0 Å². The van der Waals surface area contributed by atoms with Crippen LogP contribution in [0.5, 0.6) is 17.2 Å². The first-order valence-electron chi connectivity index (χ1n) is 8.12. The van der Waals surface area contributed by atoms with E-state index in [1.807, 2.05) is 24.3 Å². The Bertz CT molecular complexity index is 951. The highest BCUT2D eigenvalue weighted by molar-refractivity contribution is 7.19. The van der Waals surface area contributed by atoms with Gasteiger partial charge in [0.15, 0.2) is 11.5 Å². The molecule has 1 aromatic heterocycles. The molecule has 7 heteroatoms. The lowest BCUT2D eigenvalue weighted by atomic mass is 10.1. The Balaban J connectivity index is 2.12. The fourth-order valence-electron chi connectivity index (χ4n) is 2.74. The SMILES string of the molecule is COc1cc(/C=C(\CC(=O)[O-])c2nc3ccccc3s2)cc(OC)c1OC. The molecule has 3 rings (SSSR count). The topological polar surface area (TPSA) is 80.7 Å². The van der Waals surface area contributed by atoms with Crippen molar-refractivity contribution in [2.24, 2.45) is 0 Å². The van der Waals surface area contributed by atoms with Crippen LogP contribution >= 0.6 is 11.3 Å². The number of benzene rings is 2. The standard InChI is InChI=1S/C20H19NO5S/c1-24-15-9-12(10-16(25-2)19(15)26-3)8-13(11-18(22)23)20-21-14-6-4-5-7-17(14)27-20/h4-10H,11H2,1-3H3,(H,22,23)/p-1/b13-8+. The van der Waals surface area contributed by atoms with E-state index < -0.39 is 5.97 Å². The number of thiazole rings is 1. The lowest BCUT2D eigenvalue weighted by molar-refractivity contribution is -0.304. The summed E-state index contributed by atoms with van der Waals surface area (Å²) in [4.78, 5) is 15.8.